The van der Waals surface area contributed by atoms with Crippen LogP contribution in [0.5, 0.6) is 0 Å². The van der Waals surface area contributed by atoms with E-state index in [1.165, 1.54) is 6.07 Å². The number of carbonyl (C=O) groups is 1. The minimum atomic E-state index is -0.341. The molecular weight excluding hydrogens is 321 g/mol. The molecule has 5 nitrogen and oxygen atoms in total. The number of rotatable bonds is 4. The second-order valence-electron chi connectivity index (χ2n) is 6.80. The number of ether oxygens (including phenoxy) is 1. The van der Waals surface area contributed by atoms with E-state index in [1.807, 2.05) is 17.0 Å². The monoisotopic (exact) mass is 349 g/mol. The van der Waals surface area contributed by atoms with Crippen molar-refractivity contribution in [1.82, 2.24) is 14.7 Å². The summed E-state index contributed by atoms with van der Waals surface area (Å²) in [6, 6.07) is 6.92. The summed E-state index contributed by atoms with van der Waals surface area (Å²) >= 11 is 0. The summed E-state index contributed by atoms with van der Waals surface area (Å²) in [5.74, 6) is -0.0548. The van der Waals surface area contributed by atoms with Crippen LogP contribution in [0, 0.1) is 5.82 Å². The largest absolute Gasteiger partial charge is 0.366 e. The number of morpholine rings is 1. The molecule has 138 valence electrons. The van der Waals surface area contributed by atoms with Crippen LogP contribution >= 0.6 is 0 Å². The summed E-state index contributed by atoms with van der Waals surface area (Å²) in [6.07, 6.45) is 0.566. The van der Waals surface area contributed by atoms with E-state index in [9.17, 15) is 9.18 Å². The van der Waals surface area contributed by atoms with Gasteiger partial charge in [-0.15, -0.1) is 0 Å². The van der Waals surface area contributed by atoms with E-state index in [4.69, 9.17) is 4.74 Å². The van der Waals surface area contributed by atoms with E-state index >= 15 is 0 Å². The van der Waals surface area contributed by atoms with E-state index < -0.39 is 0 Å². The van der Waals surface area contributed by atoms with Crippen LogP contribution < -0.4 is 0 Å². The molecule has 1 atom stereocenters. The predicted molar refractivity (Wildman–Crippen MR) is 94.7 cm³/mol. The van der Waals surface area contributed by atoms with Crippen molar-refractivity contribution in [3.63, 3.8) is 0 Å². The minimum Gasteiger partial charge on any atom is -0.366 e. The smallest absolute Gasteiger partial charge is 0.253 e. The third-order valence-corrected chi connectivity index (χ3v) is 5.13. The first kappa shape index (κ1) is 18.3. The normalized spacial score (nSPS) is 23.4. The maximum Gasteiger partial charge on any atom is 0.253 e. The number of carbonyl (C=O) groups excluding carboxylic acids is 1. The average Bonchev–Trinajstić information content (AvgIpc) is 2.89. The van der Waals surface area contributed by atoms with Crippen LogP contribution in [0.25, 0.3) is 0 Å². The van der Waals surface area contributed by atoms with E-state index in [1.54, 1.807) is 6.07 Å². The Kier molecular flexibility index (Phi) is 6.39. The van der Waals surface area contributed by atoms with Crippen molar-refractivity contribution in [3.05, 3.63) is 35.6 Å². The zero-order valence-electron chi connectivity index (χ0n) is 15.0. The highest BCUT2D eigenvalue weighted by atomic mass is 19.1. The molecule has 6 heteroatoms. The molecule has 25 heavy (non-hydrogen) atoms. The summed E-state index contributed by atoms with van der Waals surface area (Å²) in [5, 5.41) is 0. The molecule has 2 fully saturated rings. The Morgan fingerprint density at radius 2 is 2.00 bits per heavy atom. The van der Waals surface area contributed by atoms with Crippen molar-refractivity contribution in [2.75, 3.05) is 52.4 Å². The standard InChI is InChI=1S/C19H28FN3O2/c1-2-21-12-13-25-18(15-21)19(24)23-9-5-8-22(10-11-23)14-16-6-3-4-7-17(16)20/h3-4,6-7,18H,2,5,8-15H2,1H3/t18-/m0/s1. The van der Waals surface area contributed by atoms with Crippen LogP contribution in [-0.4, -0.2) is 79.1 Å². The van der Waals surface area contributed by atoms with Gasteiger partial charge in [0, 0.05) is 51.4 Å². The summed E-state index contributed by atoms with van der Waals surface area (Å²) < 4.78 is 19.6. The van der Waals surface area contributed by atoms with Crippen molar-refractivity contribution in [2.24, 2.45) is 0 Å². The summed E-state index contributed by atoms with van der Waals surface area (Å²) in [4.78, 5) is 19.2. The third-order valence-electron chi connectivity index (χ3n) is 5.13. The molecule has 0 aromatic heterocycles. The molecule has 0 bridgehead atoms. The van der Waals surface area contributed by atoms with Gasteiger partial charge in [-0.2, -0.15) is 0 Å². The Labute approximate surface area is 149 Å². The van der Waals surface area contributed by atoms with Gasteiger partial charge in [0.2, 0.25) is 0 Å². The zero-order chi connectivity index (χ0) is 17.6. The van der Waals surface area contributed by atoms with E-state index in [-0.39, 0.29) is 17.8 Å². The van der Waals surface area contributed by atoms with E-state index in [2.05, 4.69) is 16.7 Å². The van der Waals surface area contributed by atoms with Gasteiger partial charge in [0.15, 0.2) is 0 Å². The molecule has 0 radical (unpaired) electrons. The molecule has 0 spiro atoms. The van der Waals surface area contributed by atoms with Crippen LogP contribution in [0.1, 0.15) is 18.9 Å². The summed E-state index contributed by atoms with van der Waals surface area (Å²) in [7, 11) is 0. The number of hydrogen-bond donors (Lipinski definition) is 0. The molecule has 0 N–H and O–H groups in total. The van der Waals surface area contributed by atoms with Crippen molar-refractivity contribution in [3.8, 4) is 0 Å². The number of amides is 1. The van der Waals surface area contributed by atoms with Gasteiger partial charge >= 0.3 is 0 Å². The summed E-state index contributed by atoms with van der Waals surface area (Å²) in [5.41, 5.74) is 0.719. The molecule has 2 heterocycles. The fourth-order valence-electron chi connectivity index (χ4n) is 3.56. The lowest BCUT2D eigenvalue weighted by atomic mass is 10.2. The Morgan fingerprint density at radius 1 is 1.16 bits per heavy atom. The Morgan fingerprint density at radius 3 is 2.80 bits per heavy atom. The fourth-order valence-corrected chi connectivity index (χ4v) is 3.56. The van der Waals surface area contributed by atoms with Gasteiger partial charge < -0.3 is 9.64 Å². The number of hydrogen-bond acceptors (Lipinski definition) is 4. The van der Waals surface area contributed by atoms with Gasteiger partial charge in [-0.1, -0.05) is 25.1 Å². The van der Waals surface area contributed by atoms with Crippen molar-refractivity contribution in [2.45, 2.75) is 26.0 Å². The molecular formula is C19H28FN3O2. The average molecular weight is 349 g/mol. The highest BCUT2D eigenvalue weighted by Crippen LogP contribution is 2.14. The number of benzene rings is 1. The molecule has 1 aromatic rings. The first-order valence-corrected chi connectivity index (χ1v) is 9.26. The van der Waals surface area contributed by atoms with Crippen molar-refractivity contribution < 1.29 is 13.9 Å². The fraction of sp³-hybridized carbons (Fsp3) is 0.632. The maximum atomic E-state index is 13.9. The second kappa shape index (κ2) is 8.74. The van der Waals surface area contributed by atoms with Gasteiger partial charge in [0.05, 0.1) is 6.61 Å². The molecule has 1 aromatic carbocycles. The highest BCUT2D eigenvalue weighted by molar-refractivity contribution is 5.81. The lowest BCUT2D eigenvalue weighted by molar-refractivity contribution is -0.149. The van der Waals surface area contributed by atoms with Crippen molar-refractivity contribution in [1.29, 1.82) is 0 Å². The lowest BCUT2D eigenvalue weighted by Gasteiger charge is -2.34. The van der Waals surface area contributed by atoms with Gasteiger partial charge in [-0.3, -0.25) is 14.6 Å². The van der Waals surface area contributed by atoms with Crippen LogP contribution in [-0.2, 0) is 16.1 Å². The molecule has 0 unspecified atom stereocenters. The van der Waals surface area contributed by atoms with Crippen LogP contribution in [0.4, 0.5) is 4.39 Å². The Balaban J connectivity index is 1.54. The van der Waals surface area contributed by atoms with E-state index in [0.717, 1.165) is 44.7 Å². The first-order valence-electron chi connectivity index (χ1n) is 9.26. The van der Waals surface area contributed by atoms with Gasteiger partial charge in [0.25, 0.3) is 5.91 Å². The molecule has 1 amide bonds. The Hall–Kier alpha value is -1.50. The quantitative estimate of drug-likeness (QED) is 0.827. The third kappa shape index (κ3) is 4.77. The second-order valence-corrected chi connectivity index (χ2v) is 6.80. The van der Waals surface area contributed by atoms with Crippen LogP contribution in [0.3, 0.4) is 0 Å². The molecule has 2 saturated heterocycles. The van der Waals surface area contributed by atoms with Gasteiger partial charge in [0.1, 0.15) is 11.9 Å². The van der Waals surface area contributed by atoms with Gasteiger partial charge in [-0.25, -0.2) is 4.39 Å². The molecule has 2 aliphatic rings. The number of likely N-dealkylation sites (N-methyl/N-ethyl adjacent to an activating group) is 1. The molecule has 3 rings (SSSR count). The SMILES string of the molecule is CCN1CCO[C@H](C(=O)N2CCCN(Cc3ccccc3F)CC2)C1. The van der Waals surface area contributed by atoms with Crippen molar-refractivity contribution >= 4 is 5.91 Å². The topological polar surface area (TPSA) is 36.0 Å². The zero-order valence-corrected chi connectivity index (χ0v) is 15.0. The van der Waals surface area contributed by atoms with Crippen LogP contribution in [0.2, 0.25) is 0 Å². The van der Waals surface area contributed by atoms with Gasteiger partial charge in [-0.05, 0) is 19.0 Å². The summed E-state index contributed by atoms with van der Waals surface area (Å²) in [6.45, 7) is 8.94. The highest BCUT2D eigenvalue weighted by Gasteiger charge is 2.30. The first-order chi connectivity index (χ1) is 12.2. The lowest BCUT2D eigenvalue weighted by Crippen LogP contribution is -2.51. The van der Waals surface area contributed by atoms with Crippen LogP contribution in [0.15, 0.2) is 24.3 Å². The molecule has 0 aliphatic carbocycles. The molecule has 0 saturated carbocycles. The minimum absolute atomic E-state index is 0.103. The number of nitrogens with zero attached hydrogens (tertiary/aromatic N) is 3. The molecule has 2 aliphatic heterocycles. The van der Waals surface area contributed by atoms with E-state index in [0.29, 0.717) is 26.2 Å². The predicted octanol–water partition coefficient (Wildman–Crippen LogP) is 1.58. The maximum absolute atomic E-state index is 13.9. The number of halogens is 1. The Bertz CT molecular complexity index is 584.